The van der Waals surface area contributed by atoms with E-state index < -0.39 is 5.82 Å². The molecule has 0 atom stereocenters. The second-order valence-corrected chi connectivity index (χ2v) is 9.43. The Morgan fingerprint density at radius 1 is 1.11 bits per heavy atom. The number of nitrogens with two attached hydrogens (primary N) is 1. The zero-order chi connectivity index (χ0) is 27.4. The molecule has 4 rings (SSSR count). The van der Waals surface area contributed by atoms with Crippen molar-refractivity contribution in [3.63, 3.8) is 0 Å². The summed E-state index contributed by atoms with van der Waals surface area (Å²) < 4.78 is 27.2. The third-order valence-electron chi connectivity index (χ3n) is 6.15. The highest BCUT2D eigenvalue weighted by atomic mass is 19.1. The largest absolute Gasteiger partial charge is 0.494 e. The Kier molecular flexibility index (Phi) is 8.00. The van der Waals surface area contributed by atoms with Crippen molar-refractivity contribution >= 4 is 17.5 Å². The number of hydrogen-bond acceptors (Lipinski definition) is 5. The van der Waals surface area contributed by atoms with E-state index in [4.69, 9.17) is 20.6 Å². The fraction of sp³-hybridized carbons (Fsp3) is 0.267. The summed E-state index contributed by atoms with van der Waals surface area (Å²) in [5.74, 6) is 0.745. The Labute approximate surface area is 222 Å². The molecule has 0 bridgehead atoms. The van der Waals surface area contributed by atoms with Gasteiger partial charge in [0.1, 0.15) is 11.6 Å². The van der Waals surface area contributed by atoms with Gasteiger partial charge in [-0.25, -0.2) is 9.37 Å². The van der Waals surface area contributed by atoms with Gasteiger partial charge in [-0.05, 0) is 76.1 Å². The van der Waals surface area contributed by atoms with E-state index in [2.05, 4.69) is 35.9 Å². The molecule has 7 nitrogen and oxygen atoms in total. The molecule has 0 aliphatic rings. The zero-order valence-corrected chi connectivity index (χ0v) is 22.4. The topological polar surface area (TPSA) is 100 Å². The molecular weight excluding hydrogens is 481 g/mol. The summed E-state index contributed by atoms with van der Waals surface area (Å²) in [6.45, 7) is 10.3. The highest BCUT2D eigenvalue weighted by molar-refractivity contribution is 5.95. The lowest BCUT2D eigenvalue weighted by molar-refractivity contribution is 0.228. The molecule has 0 radical (unpaired) electrons. The molecule has 0 fully saturated rings. The van der Waals surface area contributed by atoms with Gasteiger partial charge >= 0.3 is 0 Å². The summed E-state index contributed by atoms with van der Waals surface area (Å²) in [6.07, 6.45) is 1.59. The predicted molar refractivity (Wildman–Crippen MR) is 150 cm³/mol. The Hall–Kier alpha value is -4.33. The summed E-state index contributed by atoms with van der Waals surface area (Å²) in [6, 6.07) is 16.6. The van der Waals surface area contributed by atoms with E-state index in [-0.39, 0.29) is 24.2 Å². The number of imidazole rings is 1. The quantitative estimate of drug-likeness (QED) is 0.162. The van der Waals surface area contributed by atoms with Gasteiger partial charge in [0.2, 0.25) is 5.95 Å². The first-order valence-corrected chi connectivity index (χ1v) is 12.6. The van der Waals surface area contributed by atoms with Crippen LogP contribution in [0.4, 0.5) is 16.0 Å². The van der Waals surface area contributed by atoms with Crippen molar-refractivity contribution in [3.05, 3.63) is 88.9 Å². The van der Waals surface area contributed by atoms with E-state index in [1.54, 1.807) is 30.5 Å². The van der Waals surface area contributed by atoms with Gasteiger partial charge in [0.25, 0.3) is 0 Å². The van der Waals surface area contributed by atoms with Crippen molar-refractivity contribution in [2.75, 3.05) is 11.5 Å². The van der Waals surface area contributed by atoms with Crippen LogP contribution in [0.1, 0.15) is 43.0 Å². The van der Waals surface area contributed by atoms with E-state index in [1.807, 2.05) is 43.9 Å². The molecule has 1 aromatic heterocycles. The number of rotatable bonds is 10. The second kappa shape index (κ2) is 11.4. The van der Waals surface area contributed by atoms with Crippen molar-refractivity contribution in [1.82, 2.24) is 9.97 Å². The average molecular weight is 516 g/mol. The highest BCUT2D eigenvalue weighted by Gasteiger charge is 2.21. The van der Waals surface area contributed by atoms with Gasteiger partial charge in [-0.2, -0.15) is 0 Å². The van der Waals surface area contributed by atoms with Crippen molar-refractivity contribution in [2.24, 2.45) is 5.73 Å². The van der Waals surface area contributed by atoms with Crippen LogP contribution in [-0.4, -0.2) is 28.5 Å². The average Bonchev–Trinajstić information content (AvgIpc) is 3.34. The molecule has 0 saturated heterocycles. The van der Waals surface area contributed by atoms with Gasteiger partial charge in [-0.15, -0.1) is 0 Å². The lowest BCUT2D eigenvalue weighted by atomic mass is 10.0. The van der Waals surface area contributed by atoms with Crippen molar-refractivity contribution in [3.8, 4) is 22.8 Å². The Morgan fingerprint density at radius 2 is 1.79 bits per heavy atom. The van der Waals surface area contributed by atoms with Gasteiger partial charge in [0.05, 0.1) is 31.1 Å². The first-order chi connectivity index (χ1) is 18.2. The summed E-state index contributed by atoms with van der Waals surface area (Å²) in [5.41, 5.74) is 11.6. The number of amidine groups is 1. The smallest absolute Gasteiger partial charge is 0.208 e. The number of nitrogen functional groups attached to an aromatic ring is 1. The highest BCUT2D eigenvalue weighted by Crippen LogP contribution is 2.34. The van der Waals surface area contributed by atoms with Crippen molar-refractivity contribution in [2.45, 2.75) is 47.3 Å². The molecule has 0 spiro atoms. The summed E-state index contributed by atoms with van der Waals surface area (Å²) in [7, 11) is 0. The number of ether oxygens (including phenoxy) is 2. The van der Waals surface area contributed by atoms with Crippen LogP contribution >= 0.6 is 0 Å². The molecule has 0 aliphatic carbocycles. The maximum absolute atomic E-state index is 15.7. The van der Waals surface area contributed by atoms with Crippen LogP contribution in [0.5, 0.6) is 11.5 Å². The summed E-state index contributed by atoms with van der Waals surface area (Å²) in [5, 5.41) is 7.73. The van der Waals surface area contributed by atoms with E-state index in [0.29, 0.717) is 29.4 Å². The van der Waals surface area contributed by atoms with Gasteiger partial charge < -0.3 is 25.1 Å². The Morgan fingerprint density at radius 3 is 2.39 bits per heavy atom. The molecule has 4 aromatic rings. The minimum atomic E-state index is -0.450. The molecule has 198 valence electrons. The fourth-order valence-electron chi connectivity index (χ4n) is 4.43. The first-order valence-electron chi connectivity index (χ1n) is 12.6. The Bertz CT molecular complexity index is 1410. The van der Waals surface area contributed by atoms with Crippen LogP contribution in [0.15, 0.2) is 60.8 Å². The Balaban J connectivity index is 1.81. The standard InChI is InChI=1S/C30H34FN5O2/c1-6-37-24-14-22(28(31)26(15-24)38-18(2)3)17-36(23-12-10-21(11-13-23)29(32)33)30-34-16-25(35-30)27-19(4)8-7-9-20(27)5/h7-16,18H,6,17H2,1-5H3,(H3,32,33)(H,34,35). The molecule has 0 unspecified atom stereocenters. The van der Waals surface area contributed by atoms with Crippen LogP contribution in [0.2, 0.25) is 0 Å². The molecule has 0 aliphatic heterocycles. The van der Waals surface area contributed by atoms with Gasteiger partial charge in [-0.3, -0.25) is 5.41 Å². The third kappa shape index (κ3) is 5.80. The van der Waals surface area contributed by atoms with E-state index in [0.717, 1.165) is 28.1 Å². The monoisotopic (exact) mass is 515 g/mol. The zero-order valence-electron chi connectivity index (χ0n) is 22.4. The van der Waals surface area contributed by atoms with E-state index in [9.17, 15) is 0 Å². The van der Waals surface area contributed by atoms with Crippen LogP contribution in [0, 0.1) is 25.1 Å². The van der Waals surface area contributed by atoms with Crippen molar-refractivity contribution < 1.29 is 13.9 Å². The summed E-state index contributed by atoms with van der Waals surface area (Å²) >= 11 is 0. The normalized spacial score (nSPS) is 11.0. The molecule has 0 amide bonds. The maximum atomic E-state index is 15.7. The lowest BCUT2D eigenvalue weighted by Gasteiger charge is -2.24. The minimum absolute atomic E-state index is 0.0238. The molecule has 8 heteroatoms. The third-order valence-corrected chi connectivity index (χ3v) is 6.15. The van der Waals surface area contributed by atoms with Gasteiger partial charge in [0.15, 0.2) is 11.6 Å². The molecule has 0 saturated carbocycles. The molecule has 3 aromatic carbocycles. The number of benzene rings is 3. The number of aromatic amines is 1. The number of nitrogens with zero attached hydrogens (tertiary/aromatic N) is 2. The maximum Gasteiger partial charge on any atom is 0.208 e. The number of H-pyrrole nitrogens is 1. The van der Waals surface area contributed by atoms with Crippen molar-refractivity contribution in [1.29, 1.82) is 5.41 Å². The van der Waals surface area contributed by atoms with Crippen LogP contribution in [-0.2, 0) is 6.54 Å². The van der Waals surface area contributed by atoms with Crippen LogP contribution < -0.4 is 20.1 Å². The minimum Gasteiger partial charge on any atom is -0.494 e. The fourth-order valence-corrected chi connectivity index (χ4v) is 4.43. The number of nitrogens with one attached hydrogen (secondary N) is 2. The summed E-state index contributed by atoms with van der Waals surface area (Å²) in [4.78, 5) is 10.0. The first kappa shape index (κ1) is 26.7. The van der Waals surface area contributed by atoms with Gasteiger partial charge in [0, 0.05) is 28.4 Å². The van der Waals surface area contributed by atoms with E-state index in [1.165, 1.54) is 0 Å². The number of halogens is 1. The molecule has 1 heterocycles. The number of aryl methyl sites for hydroxylation is 2. The van der Waals surface area contributed by atoms with Crippen LogP contribution in [0.3, 0.4) is 0 Å². The SMILES string of the molecule is CCOc1cc(CN(c2ccc(C(=N)N)cc2)c2ncc(-c3c(C)cccc3C)[nH]2)c(F)c(OC(C)C)c1. The van der Waals surface area contributed by atoms with Gasteiger partial charge in [-0.1, -0.05) is 18.2 Å². The van der Waals surface area contributed by atoms with Crippen LogP contribution in [0.25, 0.3) is 11.3 Å². The number of aromatic nitrogens is 2. The lowest BCUT2D eigenvalue weighted by Crippen LogP contribution is -2.20. The molecule has 4 N–H and O–H groups in total. The molecule has 38 heavy (non-hydrogen) atoms. The van der Waals surface area contributed by atoms with E-state index >= 15 is 4.39 Å². The number of hydrogen-bond donors (Lipinski definition) is 3. The number of anilines is 2. The predicted octanol–water partition coefficient (Wildman–Crippen LogP) is 6.64. The second-order valence-electron chi connectivity index (χ2n) is 9.43. The molecular formula is C30H34FN5O2.